The van der Waals surface area contributed by atoms with Crippen LogP contribution in [0.25, 0.3) is 5.76 Å². The van der Waals surface area contributed by atoms with Crippen LogP contribution in [-0.4, -0.2) is 37.1 Å². The minimum Gasteiger partial charge on any atom is -0.507 e. The molecule has 0 aliphatic carbocycles. The maximum atomic E-state index is 13.5. The van der Waals surface area contributed by atoms with E-state index in [-0.39, 0.29) is 11.3 Å². The van der Waals surface area contributed by atoms with Crippen molar-refractivity contribution in [2.75, 3.05) is 25.2 Å². The molecule has 0 aromatic heterocycles. The van der Waals surface area contributed by atoms with Crippen LogP contribution >= 0.6 is 0 Å². The van der Waals surface area contributed by atoms with Crippen molar-refractivity contribution in [1.29, 1.82) is 0 Å². The van der Waals surface area contributed by atoms with Crippen molar-refractivity contribution in [3.05, 3.63) is 88.0 Å². The molecule has 2 heterocycles. The van der Waals surface area contributed by atoms with Crippen molar-refractivity contribution in [3.63, 3.8) is 0 Å². The molecule has 0 saturated carbocycles. The average molecular weight is 500 g/mol. The predicted molar refractivity (Wildman–Crippen MR) is 141 cm³/mol. The Morgan fingerprint density at radius 3 is 2.59 bits per heavy atom. The molecule has 190 valence electrons. The molecule has 7 nitrogen and oxygen atoms in total. The van der Waals surface area contributed by atoms with E-state index in [9.17, 15) is 14.7 Å². The third-order valence-corrected chi connectivity index (χ3v) is 6.82. The van der Waals surface area contributed by atoms with E-state index < -0.39 is 17.7 Å². The first-order valence-corrected chi connectivity index (χ1v) is 12.3. The van der Waals surface area contributed by atoms with Gasteiger partial charge in [0.05, 0.1) is 31.9 Å². The van der Waals surface area contributed by atoms with Gasteiger partial charge in [-0.25, -0.2) is 0 Å². The Morgan fingerprint density at radius 2 is 1.86 bits per heavy atom. The van der Waals surface area contributed by atoms with E-state index in [4.69, 9.17) is 14.2 Å². The summed E-state index contributed by atoms with van der Waals surface area (Å²) in [4.78, 5) is 28.6. The van der Waals surface area contributed by atoms with Crippen LogP contribution in [0.4, 0.5) is 5.69 Å². The summed E-state index contributed by atoms with van der Waals surface area (Å²) in [5, 5.41) is 11.5. The van der Waals surface area contributed by atoms with Crippen molar-refractivity contribution in [2.45, 2.75) is 33.2 Å². The van der Waals surface area contributed by atoms with Gasteiger partial charge in [0, 0.05) is 17.7 Å². The number of benzene rings is 3. The van der Waals surface area contributed by atoms with Crippen LogP contribution in [0, 0.1) is 13.8 Å². The smallest absolute Gasteiger partial charge is 0.300 e. The molecule has 3 aromatic rings. The molecule has 2 aliphatic rings. The van der Waals surface area contributed by atoms with E-state index >= 15 is 0 Å². The number of anilines is 1. The minimum absolute atomic E-state index is 0.0245. The molecule has 1 unspecified atom stereocenters. The predicted octanol–water partition coefficient (Wildman–Crippen LogP) is 5.27. The zero-order chi connectivity index (χ0) is 26.3. The number of hydrogen-bond acceptors (Lipinski definition) is 6. The number of hydrogen-bond donors (Lipinski definition) is 1. The second kappa shape index (κ2) is 9.65. The lowest BCUT2D eigenvalue weighted by molar-refractivity contribution is -0.132. The summed E-state index contributed by atoms with van der Waals surface area (Å²) in [5.41, 5.74) is 4.55. The number of carbonyl (C=O) groups is 2. The first-order valence-electron chi connectivity index (χ1n) is 12.3. The number of nitrogens with zero attached hydrogens (tertiary/aromatic N) is 1. The van der Waals surface area contributed by atoms with E-state index in [1.165, 1.54) is 4.90 Å². The molecule has 1 N–H and O–H groups in total. The summed E-state index contributed by atoms with van der Waals surface area (Å²) in [7, 11) is 1.55. The number of ether oxygens (including phenoxy) is 3. The van der Waals surface area contributed by atoms with Crippen molar-refractivity contribution in [3.8, 4) is 17.2 Å². The molecule has 7 heteroatoms. The fourth-order valence-corrected chi connectivity index (χ4v) is 5.09. The Labute approximate surface area is 215 Å². The van der Waals surface area contributed by atoms with Crippen LogP contribution in [0.3, 0.4) is 0 Å². The number of aliphatic hydroxyl groups is 1. The second-order valence-electron chi connectivity index (χ2n) is 9.22. The number of aryl methyl sites for hydroxylation is 2. The van der Waals surface area contributed by atoms with E-state index in [1.807, 2.05) is 45.0 Å². The molecule has 1 atom stereocenters. The Hall–Kier alpha value is -4.26. The number of ketones is 1. The fourth-order valence-electron chi connectivity index (χ4n) is 5.09. The lowest BCUT2D eigenvalue weighted by atomic mass is 9.94. The molecule has 3 aromatic carbocycles. The summed E-state index contributed by atoms with van der Waals surface area (Å²) in [6.45, 7) is 6.72. The maximum Gasteiger partial charge on any atom is 0.300 e. The van der Waals surface area contributed by atoms with Gasteiger partial charge in [-0.2, -0.15) is 0 Å². The van der Waals surface area contributed by atoms with Gasteiger partial charge in [0.2, 0.25) is 0 Å². The fraction of sp³-hybridized carbons (Fsp3) is 0.267. The number of carbonyl (C=O) groups excluding carboxylic acids is 2. The highest BCUT2D eigenvalue weighted by molar-refractivity contribution is 6.51. The standard InChI is InChI=1S/C30H29NO6/c1-5-36-25-16-20(7-11-24(25)35-4)27-26(28(32)21-8-10-23-19(15-21)12-13-37-23)29(33)30(34)31(27)22-9-6-17(2)14-18(22)3/h6-11,14-16,27,32H,5,12-13H2,1-4H3/b28-26+. The van der Waals surface area contributed by atoms with Gasteiger partial charge >= 0.3 is 0 Å². The first kappa shape index (κ1) is 24.4. The molecule has 1 fully saturated rings. The van der Waals surface area contributed by atoms with Crippen LogP contribution < -0.4 is 19.1 Å². The number of aliphatic hydroxyl groups excluding tert-OH is 1. The zero-order valence-corrected chi connectivity index (χ0v) is 21.3. The van der Waals surface area contributed by atoms with E-state index in [2.05, 4.69) is 0 Å². The zero-order valence-electron chi connectivity index (χ0n) is 21.3. The van der Waals surface area contributed by atoms with Crippen LogP contribution in [0.2, 0.25) is 0 Å². The van der Waals surface area contributed by atoms with Crippen LogP contribution in [0.15, 0.2) is 60.2 Å². The van der Waals surface area contributed by atoms with Crippen LogP contribution in [0.1, 0.15) is 40.8 Å². The van der Waals surface area contributed by atoms with Gasteiger partial charge in [-0.1, -0.05) is 23.8 Å². The second-order valence-corrected chi connectivity index (χ2v) is 9.22. The molecule has 0 radical (unpaired) electrons. The SMILES string of the molecule is CCOc1cc(C2/C(=C(\O)c3ccc4c(c3)CCO4)C(=O)C(=O)N2c2ccc(C)cc2C)ccc1OC. The molecule has 0 spiro atoms. The molecule has 0 bridgehead atoms. The Balaban J connectivity index is 1.73. The summed E-state index contributed by atoms with van der Waals surface area (Å²) in [6, 6.07) is 15.4. The number of rotatable bonds is 6. The van der Waals surface area contributed by atoms with E-state index in [1.54, 1.807) is 37.4 Å². The highest BCUT2D eigenvalue weighted by Gasteiger charge is 2.47. The molecule has 2 aliphatic heterocycles. The molecular formula is C30H29NO6. The van der Waals surface area contributed by atoms with Crippen LogP contribution in [-0.2, 0) is 16.0 Å². The normalized spacial score (nSPS) is 18.1. The topological polar surface area (TPSA) is 85.3 Å². The third kappa shape index (κ3) is 4.20. The third-order valence-electron chi connectivity index (χ3n) is 6.82. The molecule has 1 saturated heterocycles. The monoisotopic (exact) mass is 499 g/mol. The summed E-state index contributed by atoms with van der Waals surface area (Å²) in [6.07, 6.45) is 0.715. The molecule has 5 rings (SSSR count). The molecular weight excluding hydrogens is 470 g/mol. The van der Waals surface area contributed by atoms with Gasteiger partial charge < -0.3 is 19.3 Å². The van der Waals surface area contributed by atoms with Crippen molar-refractivity contribution in [2.24, 2.45) is 0 Å². The summed E-state index contributed by atoms with van der Waals surface area (Å²) < 4.78 is 16.8. The van der Waals surface area contributed by atoms with Crippen molar-refractivity contribution >= 4 is 23.1 Å². The maximum absolute atomic E-state index is 13.5. The minimum atomic E-state index is -0.865. The van der Waals surface area contributed by atoms with Gasteiger partial charge in [-0.3, -0.25) is 14.5 Å². The van der Waals surface area contributed by atoms with Gasteiger partial charge in [0.1, 0.15) is 11.5 Å². The van der Waals surface area contributed by atoms with Gasteiger partial charge in [0.25, 0.3) is 11.7 Å². The van der Waals surface area contributed by atoms with Gasteiger partial charge in [-0.05, 0) is 73.9 Å². The van der Waals surface area contributed by atoms with Crippen molar-refractivity contribution in [1.82, 2.24) is 0 Å². The first-order chi connectivity index (χ1) is 17.8. The van der Waals surface area contributed by atoms with E-state index in [0.717, 1.165) is 22.4 Å². The molecule has 37 heavy (non-hydrogen) atoms. The Morgan fingerprint density at radius 1 is 1.05 bits per heavy atom. The Bertz CT molecular complexity index is 1440. The van der Waals surface area contributed by atoms with E-state index in [0.29, 0.717) is 47.9 Å². The average Bonchev–Trinajstić information content (AvgIpc) is 3.46. The summed E-state index contributed by atoms with van der Waals surface area (Å²) >= 11 is 0. The molecule has 1 amide bonds. The number of amides is 1. The van der Waals surface area contributed by atoms with Crippen molar-refractivity contribution < 1.29 is 28.9 Å². The number of fused-ring (bicyclic) bond motifs is 1. The summed E-state index contributed by atoms with van der Waals surface area (Å²) in [5.74, 6) is 0.125. The highest BCUT2D eigenvalue weighted by atomic mass is 16.5. The quantitative estimate of drug-likeness (QED) is 0.283. The van der Waals surface area contributed by atoms with Crippen LogP contribution in [0.5, 0.6) is 17.2 Å². The Kier molecular flexibility index (Phi) is 6.38. The lowest BCUT2D eigenvalue weighted by Gasteiger charge is -2.27. The highest BCUT2D eigenvalue weighted by Crippen LogP contribution is 2.45. The number of Topliss-reactive ketones (excluding diaryl/α,β-unsaturated/α-hetero) is 1. The van der Waals surface area contributed by atoms with Gasteiger partial charge in [-0.15, -0.1) is 0 Å². The van der Waals surface area contributed by atoms with Gasteiger partial charge in [0.15, 0.2) is 11.5 Å². The largest absolute Gasteiger partial charge is 0.507 e. The number of methoxy groups -OCH3 is 1. The lowest BCUT2D eigenvalue weighted by Crippen LogP contribution is -2.30.